The average molecular weight is 745 g/mol. The largest absolute Gasteiger partial charge is 0.472 e. The first-order valence-corrected chi connectivity index (χ1v) is 22.5. The highest BCUT2D eigenvalue weighted by atomic mass is 31.2. The smallest absolute Gasteiger partial charge is 0.393 e. The van der Waals surface area contributed by atoms with E-state index in [0.29, 0.717) is 12.8 Å². The first-order valence-electron chi connectivity index (χ1n) is 21.0. The summed E-state index contributed by atoms with van der Waals surface area (Å²) in [6.07, 6.45) is 38.6. The lowest BCUT2D eigenvalue weighted by molar-refractivity contribution is -0.124. The van der Waals surface area contributed by atoms with Crippen LogP contribution in [-0.4, -0.2) is 59.0 Å². The molecule has 0 radical (unpaired) electrons. The van der Waals surface area contributed by atoms with E-state index in [2.05, 4.69) is 31.3 Å². The fourth-order valence-corrected chi connectivity index (χ4v) is 6.89. The quantitative estimate of drug-likeness (QED) is 0.0237. The molecule has 0 aromatic carbocycles. The topological polar surface area (TPSA) is 151 Å². The molecule has 4 atom stereocenters. The van der Waals surface area contributed by atoms with Crippen molar-refractivity contribution in [3.05, 3.63) is 24.3 Å². The predicted octanol–water partition coefficient (Wildman–Crippen LogP) is 10.4. The Kier molecular flexibility index (Phi) is 36.5. The number of aliphatic hydroxyl groups excluding tert-OH is 2. The van der Waals surface area contributed by atoms with Crippen LogP contribution in [0.5, 0.6) is 0 Å². The number of rotatable bonds is 39. The van der Waals surface area contributed by atoms with Crippen molar-refractivity contribution in [1.29, 1.82) is 0 Å². The van der Waals surface area contributed by atoms with Gasteiger partial charge in [0.2, 0.25) is 5.91 Å². The molecule has 0 rings (SSSR count). The molecule has 1 amide bonds. The number of phosphoric ester groups is 1. The molecule has 0 heterocycles. The van der Waals surface area contributed by atoms with Crippen molar-refractivity contribution < 1.29 is 33.5 Å². The Hall–Kier alpha value is -1.06. The summed E-state index contributed by atoms with van der Waals surface area (Å²) in [5.41, 5.74) is 5.34. The van der Waals surface area contributed by atoms with Crippen molar-refractivity contribution in [2.24, 2.45) is 5.73 Å². The van der Waals surface area contributed by atoms with E-state index in [0.717, 1.165) is 32.1 Å². The molecule has 0 aliphatic rings. The zero-order chi connectivity index (χ0) is 37.7. The van der Waals surface area contributed by atoms with Crippen LogP contribution in [0.4, 0.5) is 0 Å². The molecule has 0 aliphatic heterocycles. The normalized spacial score (nSPS) is 15.0. The molecule has 0 spiro atoms. The molecule has 6 N–H and O–H groups in total. The number of carbonyl (C=O) groups is 1. The summed E-state index contributed by atoms with van der Waals surface area (Å²) in [5, 5.41) is 23.9. The van der Waals surface area contributed by atoms with E-state index in [1.54, 1.807) is 6.08 Å². The maximum absolute atomic E-state index is 12.7. The number of carbonyl (C=O) groups excluding carboxylic acids is 1. The highest BCUT2D eigenvalue weighted by Crippen LogP contribution is 2.43. The molecule has 0 aromatic rings. The summed E-state index contributed by atoms with van der Waals surface area (Å²) in [4.78, 5) is 22.6. The van der Waals surface area contributed by atoms with Gasteiger partial charge in [-0.15, -0.1) is 0 Å². The Bertz CT molecular complexity index is 873. The van der Waals surface area contributed by atoms with Gasteiger partial charge in [0.25, 0.3) is 0 Å². The lowest BCUT2D eigenvalue weighted by atomic mass is 10.0. The second-order valence-corrected chi connectivity index (χ2v) is 15.8. The van der Waals surface area contributed by atoms with Crippen molar-refractivity contribution in [1.82, 2.24) is 5.32 Å². The third-order valence-electron chi connectivity index (χ3n) is 9.33. The van der Waals surface area contributed by atoms with Crippen LogP contribution in [0.2, 0.25) is 0 Å². The predicted molar refractivity (Wildman–Crippen MR) is 214 cm³/mol. The number of phosphoric acid groups is 1. The number of amides is 1. The molecule has 51 heavy (non-hydrogen) atoms. The van der Waals surface area contributed by atoms with E-state index in [1.165, 1.54) is 128 Å². The minimum Gasteiger partial charge on any atom is -0.393 e. The Morgan fingerprint density at radius 2 is 1.12 bits per heavy atom. The number of hydrogen-bond acceptors (Lipinski definition) is 7. The van der Waals surface area contributed by atoms with E-state index >= 15 is 0 Å². The summed E-state index contributed by atoms with van der Waals surface area (Å²) in [6, 6.07) is -0.993. The minimum atomic E-state index is -4.40. The molecular formula is C41H81N2O7P. The lowest BCUT2D eigenvalue weighted by Gasteiger charge is -2.24. The van der Waals surface area contributed by atoms with Gasteiger partial charge in [-0.25, -0.2) is 4.57 Å². The molecule has 9 nitrogen and oxygen atoms in total. The Balaban J connectivity index is 4.17. The van der Waals surface area contributed by atoms with Crippen molar-refractivity contribution in [3.63, 3.8) is 0 Å². The van der Waals surface area contributed by atoms with Gasteiger partial charge in [0.1, 0.15) is 0 Å². The molecule has 0 aliphatic carbocycles. The summed E-state index contributed by atoms with van der Waals surface area (Å²) in [7, 11) is -4.40. The molecule has 0 saturated heterocycles. The second-order valence-electron chi connectivity index (χ2n) is 14.4. The summed E-state index contributed by atoms with van der Waals surface area (Å²) in [6.45, 7) is 3.90. The van der Waals surface area contributed by atoms with Crippen LogP contribution < -0.4 is 11.1 Å². The van der Waals surface area contributed by atoms with E-state index < -0.39 is 38.6 Å². The van der Waals surface area contributed by atoms with Crippen molar-refractivity contribution in [2.45, 2.75) is 212 Å². The van der Waals surface area contributed by atoms with Gasteiger partial charge in [0.15, 0.2) is 0 Å². The number of hydrogen-bond donors (Lipinski definition) is 5. The Morgan fingerprint density at radius 1 is 0.667 bits per heavy atom. The van der Waals surface area contributed by atoms with Crippen molar-refractivity contribution in [2.75, 3.05) is 19.8 Å². The first kappa shape index (κ1) is 49.9. The Labute approximate surface area is 313 Å². The van der Waals surface area contributed by atoms with Crippen LogP contribution >= 0.6 is 7.82 Å². The number of allylic oxidation sites excluding steroid dienone is 3. The Morgan fingerprint density at radius 3 is 1.63 bits per heavy atom. The van der Waals surface area contributed by atoms with Gasteiger partial charge in [-0.2, -0.15) is 0 Å². The summed E-state index contributed by atoms with van der Waals surface area (Å²) >= 11 is 0. The van der Waals surface area contributed by atoms with Crippen molar-refractivity contribution in [3.8, 4) is 0 Å². The molecule has 10 heteroatoms. The van der Waals surface area contributed by atoms with Crippen LogP contribution in [0.25, 0.3) is 0 Å². The number of nitrogens with two attached hydrogens (primary N) is 1. The second kappa shape index (κ2) is 37.3. The van der Waals surface area contributed by atoms with E-state index in [-0.39, 0.29) is 19.6 Å². The number of unbranched alkanes of at least 4 members (excludes halogenated alkanes) is 23. The van der Waals surface area contributed by atoms with Crippen LogP contribution in [0.3, 0.4) is 0 Å². The van der Waals surface area contributed by atoms with E-state index in [1.807, 2.05) is 6.08 Å². The lowest BCUT2D eigenvalue weighted by Crippen LogP contribution is -2.46. The fourth-order valence-electron chi connectivity index (χ4n) is 6.13. The zero-order valence-electron chi connectivity index (χ0n) is 33.0. The highest BCUT2D eigenvalue weighted by Gasteiger charge is 2.27. The van der Waals surface area contributed by atoms with Gasteiger partial charge in [-0.05, 0) is 32.1 Å². The molecule has 302 valence electrons. The molecule has 0 fully saturated rings. The molecular weight excluding hydrogens is 663 g/mol. The van der Waals surface area contributed by atoms with Crippen LogP contribution in [-0.2, 0) is 18.4 Å². The monoisotopic (exact) mass is 745 g/mol. The minimum absolute atomic E-state index is 0.0455. The fraction of sp³-hybridized carbons (Fsp3) is 0.878. The standard InChI is InChI=1S/C41H81N2O7P/c1-3-5-7-9-11-13-14-15-16-17-18-19-20-21-22-23-25-26-28-30-32-38(44)36-41(46)43-39(37-50-51(47,48)49-35-34-42)40(45)33-31-29-27-24-12-10-8-6-4-2/h12,24,31,33,38-40,44-45H,3-11,13-23,25-30,32,34-37,42H2,1-2H3,(H,43,46)(H,47,48)/b24-12+,33-31+. The van der Waals surface area contributed by atoms with Gasteiger partial charge in [0, 0.05) is 6.54 Å². The summed E-state index contributed by atoms with van der Waals surface area (Å²) < 4.78 is 22.0. The zero-order valence-corrected chi connectivity index (χ0v) is 33.9. The first-order chi connectivity index (χ1) is 24.8. The van der Waals surface area contributed by atoms with Crippen LogP contribution in [0.1, 0.15) is 194 Å². The average Bonchev–Trinajstić information content (AvgIpc) is 3.10. The highest BCUT2D eigenvalue weighted by molar-refractivity contribution is 7.47. The summed E-state index contributed by atoms with van der Waals surface area (Å²) in [5.74, 6) is -0.456. The molecule has 0 aromatic heterocycles. The number of aliphatic hydroxyl groups is 2. The van der Waals surface area contributed by atoms with Gasteiger partial charge in [-0.3, -0.25) is 13.8 Å². The molecule has 0 bridgehead atoms. The maximum Gasteiger partial charge on any atom is 0.472 e. The van der Waals surface area contributed by atoms with Crippen LogP contribution in [0.15, 0.2) is 24.3 Å². The van der Waals surface area contributed by atoms with Gasteiger partial charge in [-0.1, -0.05) is 179 Å². The van der Waals surface area contributed by atoms with Gasteiger partial charge in [0.05, 0.1) is 37.9 Å². The SMILES string of the molecule is CCCCC/C=C/CC/C=C/C(O)C(COP(=O)(O)OCCN)NC(=O)CC(O)CCCCCCCCCCCCCCCCCCCCCC. The molecule has 4 unspecified atom stereocenters. The third-order valence-corrected chi connectivity index (χ3v) is 10.3. The number of nitrogens with one attached hydrogen (secondary N) is 1. The van der Waals surface area contributed by atoms with Gasteiger partial charge < -0.3 is 26.2 Å². The third kappa shape index (κ3) is 35.7. The maximum atomic E-state index is 12.7. The van der Waals surface area contributed by atoms with Crippen LogP contribution in [0, 0.1) is 0 Å². The molecule has 0 saturated carbocycles. The van der Waals surface area contributed by atoms with Crippen molar-refractivity contribution >= 4 is 13.7 Å². The van der Waals surface area contributed by atoms with E-state index in [9.17, 15) is 24.5 Å². The van der Waals surface area contributed by atoms with Gasteiger partial charge >= 0.3 is 7.82 Å². The van der Waals surface area contributed by atoms with E-state index in [4.69, 9.17) is 14.8 Å².